The number of hydrogen-bond donors (Lipinski definition) is 0. The van der Waals surface area contributed by atoms with E-state index >= 15 is 0 Å². The molecular weight excluding hydrogens is 218 g/mol. The van der Waals surface area contributed by atoms with Gasteiger partial charge in [0, 0.05) is 5.56 Å². The minimum absolute atomic E-state index is 0. The summed E-state index contributed by atoms with van der Waals surface area (Å²) >= 11 is 0. The van der Waals surface area contributed by atoms with Crippen LogP contribution in [0.3, 0.4) is 0 Å². The van der Waals surface area contributed by atoms with Crippen molar-refractivity contribution in [2.24, 2.45) is 0 Å². The second kappa shape index (κ2) is 6.51. The zero-order valence-corrected chi connectivity index (χ0v) is 10.9. The van der Waals surface area contributed by atoms with Gasteiger partial charge in [-0.1, -0.05) is 43.5 Å². The van der Waals surface area contributed by atoms with Crippen molar-refractivity contribution in [2.75, 3.05) is 20.6 Å². The van der Waals surface area contributed by atoms with Crippen LogP contribution in [-0.4, -0.2) is 25.1 Å². The van der Waals surface area contributed by atoms with Crippen molar-refractivity contribution in [1.29, 1.82) is 0 Å². The van der Waals surface area contributed by atoms with Crippen molar-refractivity contribution in [1.82, 2.24) is 0 Å². The average molecular weight is 238 g/mol. The summed E-state index contributed by atoms with van der Waals surface area (Å²) in [4.78, 5) is 0. The number of quaternary nitrogens is 1. The molecule has 0 spiro atoms. The summed E-state index contributed by atoms with van der Waals surface area (Å²) in [5, 5.41) is 0. The summed E-state index contributed by atoms with van der Waals surface area (Å²) in [6.45, 7) is 9.62. The van der Waals surface area contributed by atoms with Gasteiger partial charge in [-0.3, -0.25) is 0 Å². The molecule has 0 fully saturated rings. The van der Waals surface area contributed by atoms with Crippen LogP contribution in [0.1, 0.15) is 11.1 Å². The first-order valence-electron chi connectivity index (χ1n) is 5.22. The highest BCUT2D eigenvalue weighted by atomic mass is 35.5. The molecule has 1 aromatic carbocycles. The van der Waals surface area contributed by atoms with Crippen molar-refractivity contribution in [3.8, 4) is 0 Å². The molecular formula is C14H20ClN. The van der Waals surface area contributed by atoms with Crippen molar-refractivity contribution in [3.05, 3.63) is 54.6 Å². The minimum atomic E-state index is 0. The Balaban J connectivity index is 0.00000225. The number of nitrogens with zero attached hydrogens (tertiary/aromatic N) is 1. The normalized spacial score (nSPS) is 10.4. The van der Waals surface area contributed by atoms with E-state index in [1.165, 1.54) is 11.1 Å². The summed E-state index contributed by atoms with van der Waals surface area (Å²) in [6.07, 6.45) is 3.89. The lowest BCUT2D eigenvalue weighted by atomic mass is 10.1. The second-order valence-corrected chi connectivity index (χ2v) is 4.47. The molecule has 0 bridgehead atoms. The van der Waals surface area contributed by atoms with Crippen LogP contribution >= 0.6 is 0 Å². The summed E-state index contributed by atoms with van der Waals surface area (Å²) < 4.78 is 0.925. The van der Waals surface area contributed by atoms with Crippen molar-refractivity contribution >= 4 is 6.08 Å². The SMILES string of the molecule is C=CC[N+](C)(C)Cc1ccccc1C=C.[Cl-]. The Morgan fingerprint density at radius 1 is 1.19 bits per heavy atom. The molecule has 0 aliphatic heterocycles. The minimum Gasteiger partial charge on any atom is -1.00 e. The summed E-state index contributed by atoms with van der Waals surface area (Å²) in [5.41, 5.74) is 2.58. The Kier molecular flexibility index (Phi) is 6.09. The number of rotatable bonds is 5. The smallest absolute Gasteiger partial charge is 0.105 e. The number of hydrogen-bond acceptors (Lipinski definition) is 0. The molecule has 0 unspecified atom stereocenters. The van der Waals surface area contributed by atoms with E-state index in [0.29, 0.717) is 0 Å². The molecule has 0 N–H and O–H groups in total. The van der Waals surface area contributed by atoms with Gasteiger partial charge in [0.05, 0.1) is 20.6 Å². The molecule has 1 rings (SSSR count). The van der Waals surface area contributed by atoms with Crippen LogP contribution in [0.15, 0.2) is 43.5 Å². The van der Waals surface area contributed by atoms with Crippen LogP contribution in [0.4, 0.5) is 0 Å². The third kappa shape index (κ3) is 4.21. The molecule has 88 valence electrons. The predicted octanol–water partition coefficient (Wildman–Crippen LogP) is 0.0960. The van der Waals surface area contributed by atoms with Gasteiger partial charge in [0.15, 0.2) is 0 Å². The Labute approximate surface area is 105 Å². The fourth-order valence-corrected chi connectivity index (χ4v) is 1.75. The molecule has 1 nitrogen and oxygen atoms in total. The lowest BCUT2D eigenvalue weighted by Crippen LogP contribution is -3.00. The van der Waals surface area contributed by atoms with Crippen LogP contribution < -0.4 is 12.4 Å². The second-order valence-electron chi connectivity index (χ2n) is 4.47. The van der Waals surface area contributed by atoms with E-state index in [-0.39, 0.29) is 12.4 Å². The van der Waals surface area contributed by atoms with E-state index in [4.69, 9.17) is 0 Å². The van der Waals surface area contributed by atoms with Gasteiger partial charge in [0.2, 0.25) is 0 Å². The Hall–Kier alpha value is -1.05. The fourth-order valence-electron chi connectivity index (χ4n) is 1.75. The first kappa shape index (κ1) is 14.9. The van der Waals surface area contributed by atoms with Crippen LogP contribution in [-0.2, 0) is 6.54 Å². The number of halogens is 1. The van der Waals surface area contributed by atoms with Gasteiger partial charge >= 0.3 is 0 Å². The Bertz CT molecular complexity index is 356. The Morgan fingerprint density at radius 3 is 2.38 bits per heavy atom. The molecule has 0 amide bonds. The van der Waals surface area contributed by atoms with Gasteiger partial charge in [-0.05, 0) is 11.6 Å². The summed E-state index contributed by atoms with van der Waals surface area (Å²) in [7, 11) is 4.42. The standard InChI is InChI=1S/C14H20N.ClH/c1-5-11-15(3,4)12-14-10-8-7-9-13(14)6-2;/h5-10H,1-2,11-12H2,3-4H3;1H/q+1;/p-1. The zero-order chi connectivity index (χ0) is 11.3. The maximum Gasteiger partial charge on any atom is 0.105 e. The third-order valence-corrected chi connectivity index (χ3v) is 2.50. The molecule has 0 aromatic heterocycles. The molecule has 0 saturated heterocycles. The molecule has 1 aromatic rings. The van der Waals surface area contributed by atoms with E-state index in [2.05, 4.69) is 45.5 Å². The molecule has 0 heterocycles. The predicted molar refractivity (Wildman–Crippen MR) is 67.4 cm³/mol. The molecule has 0 saturated carbocycles. The van der Waals surface area contributed by atoms with E-state index in [1.54, 1.807) is 0 Å². The topological polar surface area (TPSA) is 0 Å². The largest absolute Gasteiger partial charge is 1.00 e. The van der Waals surface area contributed by atoms with E-state index < -0.39 is 0 Å². The molecule has 0 aliphatic rings. The summed E-state index contributed by atoms with van der Waals surface area (Å²) in [6, 6.07) is 8.40. The van der Waals surface area contributed by atoms with Crippen LogP contribution in [0.2, 0.25) is 0 Å². The highest BCUT2D eigenvalue weighted by Crippen LogP contribution is 2.15. The van der Waals surface area contributed by atoms with E-state index in [9.17, 15) is 0 Å². The van der Waals surface area contributed by atoms with Crippen molar-refractivity contribution in [3.63, 3.8) is 0 Å². The highest BCUT2D eigenvalue weighted by molar-refractivity contribution is 5.51. The third-order valence-electron chi connectivity index (χ3n) is 2.50. The van der Waals surface area contributed by atoms with Crippen LogP contribution in [0, 0.1) is 0 Å². The molecule has 0 atom stereocenters. The van der Waals surface area contributed by atoms with Gasteiger partial charge in [-0.2, -0.15) is 0 Å². The molecule has 0 radical (unpaired) electrons. The first-order chi connectivity index (χ1) is 7.09. The van der Waals surface area contributed by atoms with E-state index in [0.717, 1.165) is 17.6 Å². The van der Waals surface area contributed by atoms with E-state index in [1.807, 2.05) is 18.2 Å². The number of benzene rings is 1. The fraction of sp³-hybridized carbons (Fsp3) is 0.286. The van der Waals surface area contributed by atoms with Gasteiger partial charge in [-0.15, -0.1) is 0 Å². The quantitative estimate of drug-likeness (QED) is 0.503. The average Bonchev–Trinajstić information content (AvgIpc) is 2.17. The first-order valence-corrected chi connectivity index (χ1v) is 5.22. The monoisotopic (exact) mass is 237 g/mol. The Morgan fingerprint density at radius 2 is 1.81 bits per heavy atom. The molecule has 0 aliphatic carbocycles. The van der Waals surface area contributed by atoms with Gasteiger partial charge in [0.25, 0.3) is 0 Å². The van der Waals surface area contributed by atoms with Gasteiger partial charge in [0.1, 0.15) is 6.54 Å². The maximum atomic E-state index is 3.84. The zero-order valence-electron chi connectivity index (χ0n) is 10.1. The lowest BCUT2D eigenvalue weighted by Gasteiger charge is -2.29. The lowest BCUT2D eigenvalue weighted by molar-refractivity contribution is -0.897. The summed E-state index contributed by atoms with van der Waals surface area (Å²) in [5.74, 6) is 0. The van der Waals surface area contributed by atoms with Crippen LogP contribution in [0.5, 0.6) is 0 Å². The maximum absolute atomic E-state index is 3.84. The highest BCUT2D eigenvalue weighted by Gasteiger charge is 2.14. The van der Waals surface area contributed by atoms with Crippen molar-refractivity contribution in [2.45, 2.75) is 6.54 Å². The van der Waals surface area contributed by atoms with Crippen molar-refractivity contribution < 1.29 is 16.9 Å². The van der Waals surface area contributed by atoms with Gasteiger partial charge in [-0.25, -0.2) is 0 Å². The molecule has 16 heavy (non-hydrogen) atoms. The molecule has 2 heteroatoms. The van der Waals surface area contributed by atoms with Gasteiger partial charge < -0.3 is 16.9 Å². The van der Waals surface area contributed by atoms with Crippen LogP contribution in [0.25, 0.3) is 6.08 Å². The number of likely N-dealkylation sites (N-methyl/N-ethyl adjacent to an activating group) is 1.